The summed E-state index contributed by atoms with van der Waals surface area (Å²) in [6.07, 6.45) is 1.17. The van der Waals surface area contributed by atoms with E-state index in [1.54, 1.807) is 9.80 Å². The van der Waals surface area contributed by atoms with Gasteiger partial charge in [0.05, 0.1) is 28.9 Å². The second-order valence-electron chi connectivity index (χ2n) is 9.19. The van der Waals surface area contributed by atoms with E-state index in [0.717, 1.165) is 28.0 Å². The highest BCUT2D eigenvalue weighted by Gasteiger charge is 2.48. The van der Waals surface area contributed by atoms with Gasteiger partial charge in [0, 0.05) is 24.6 Å². The van der Waals surface area contributed by atoms with Gasteiger partial charge < -0.3 is 19.7 Å². The number of piperidine rings is 1. The zero-order chi connectivity index (χ0) is 21.2. The molecule has 0 bridgehead atoms. The summed E-state index contributed by atoms with van der Waals surface area (Å²) in [5.74, 6) is 0.880. The molecule has 9 heteroatoms. The van der Waals surface area contributed by atoms with Crippen molar-refractivity contribution in [3.05, 3.63) is 17.7 Å². The Bertz CT molecular complexity index is 1030. The summed E-state index contributed by atoms with van der Waals surface area (Å²) in [4.78, 5) is 33.9. The van der Waals surface area contributed by atoms with Crippen LogP contribution in [0.25, 0.3) is 10.2 Å². The molecule has 0 radical (unpaired) electrons. The number of aromatic nitrogens is 1. The molecule has 1 aromatic carbocycles. The predicted molar refractivity (Wildman–Crippen MR) is 114 cm³/mol. The lowest BCUT2D eigenvalue weighted by atomic mass is 9.95. The lowest BCUT2D eigenvalue weighted by Crippen LogP contribution is -2.57. The highest BCUT2D eigenvalue weighted by Crippen LogP contribution is 2.40. The largest absolute Gasteiger partial charge is 0.493 e. The lowest BCUT2D eigenvalue weighted by Gasteiger charge is -2.41. The molecule has 2 saturated heterocycles. The van der Waals surface area contributed by atoms with Crippen LogP contribution in [-0.4, -0.2) is 58.9 Å². The van der Waals surface area contributed by atoms with Gasteiger partial charge in [-0.3, -0.25) is 4.90 Å². The molecule has 3 atom stereocenters. The Morgan fingerprint density at radius 1 is 1.37 bits per heavy atom. The number of anilines is 1. The Hall–Kier alpha value is -2.55. The average molecular weight is 431 g/mol. The number of benzene rings is 1. The standard InChI is InChI=1S/C21H26N4O4S/c1-11-9-13-14(10-24(11)20(27)29-21(2,3)4)25(18(26)22-13)19-23-17-12-7-8-28-15(12)5-6-16(17)30-19/h5-6,11,13-14H,7-10H2,1-4H3,(H,22,26)/t11-,13+,14-/m0/s1. The van der Waals surface area contributed by atoms with Gasteiger partial charge in [-0.1, -0.05) is 11.3 Å². The SMILES string of the molecule is C[C@H]1C[C@H]2NC(=O)N(c3nc4c5c(ccc4s3)OCC5)[C@H]2CN1C(=O)OC(C)(C)C. The number of urea groups is 1. The molecule has 5 rings (SSSR count). The molecule has 3 aliphatic heterocycles. The van der Waals surface area contributed by atoms with Crippen molar-refractivity contribution in [3.63, 3.8) is 0 Å². The molecular weight excluding hydrogens is 404 g/mol. The first-order chi connectivity index (χ1) is 14.2. The van der Waals surface area contributed by atoms with E-state index in [4.69, 9.17) is 14.5 Å². The third kappa shape index (κ3) is 3.15. The maximum atomic E-state index is 12.9. The molecule has 3 amide bonds. The van der Waals surface area contributed by atoms with Crippen LogP contribution in [0.2, 0.25) is 0 Å². The minimum Gasteiger partial charge on any atom is -0.493 e. The molecule has 160 valence electrons. The Balaban J connectivity index is 1.45. The Labute approximate surface area is 179 Å². The van der Waals surface area contributed by atoms with Crippen molar-refractivity contribution >= 4 is 38.8 Å². The van der Waals surface area contributed by atoms with Crippen LogP contribution in [0, 0.1) is 0 Å². The van der Waals surface area contributed by atoms with Gasteiger partial charge in [0.25, 0.3) is 0 Å². The van der Waals surface area contributed by atoms with E-state index >= 15 is 0 Å². The van der Waals surface area contributed by atoms with Crippen LogP contribution in [-0.2, 0) is 11.2 Å². The number of nitrogens with zero attached hydrogens (tertiary/aromatic N) is 3. The molecule has 2 fully saturated rings. The van der Waals surface area contributed by atoms with Gasteiger partial charge in [0.1, 0.15) is 11.4 Å². The highest BCUT2D eigenvalue weighted by molar-refractivity contribution is 7.22. The van der Waals surface area contributed by atoms with Crippen LogP contribution in [0.5, 0.6) is 5.75 Å². The molecule has 0 unspecified atom stereocenters. The molecule has 4 heterocycles. The summed E-state index contributed by atoms with van der Waals surface area (Å²) in [6.45, 7) is 8.65. The molecule has 3 aliphatic rings. The number of hydrogen-bond donors (Lipinski definition) is 1. The monoisotopic (exact) mass is 430 g/mol. The summed E-state index contributed by atoms with van der Waals surface area (Å²) in [7, 11) is 0. The van der Waals surface area contributed by atoms with Crippen LogP contribution in [0.15, 0.2) is 12.1 Å². The number of ether oxygens (including phenoxy) is 2. The number of carbonyl (C=O) groups is 2. The van der Waals surface area contributed by atoms with E-state index in [1.807, 2.05) is 39.8 Å². The van der Waals surface area contributed by atoms with Crippen molar-refractivity contribution in [2.45, 2.75) is 64.3 Å². The van der Waals surface area contributed by atoms with E-state index in [2.05, 4.69) is 5.32 Å². The fourth-order valence-electron chi connectivity index (χ4n) is 4.52. The number of rotatable bonds is 1. The Kier molecular flexibility index (Phi) is 4.36. The third-order valence-corrected chi connectivity index (χ3v) is 6.91. The summed E-state index contributed by atoms with van der Waals surface area (Å²) < 4.78 is 12.3. The van der Waals surface area contributed by atoms with Crippen LogP contribution in [0.1, 0.15) is 39.7 Å². The molecule has 2 aromatic rings. The van der Waals surface area contributed by atoms with E-state index in [1.165, 1.54) is 11.3 Å². The minimum absolute atomic E-state index is 0.0165. The molecule has 0 spiro atoms. The second-order valence-corrected chi connectivity index (χ2v) is 10.2. The summed E-state index contributed by atoms with van der Waals surface area (Å²) in [5, 5.41) is 3.75. The number of amides is 3. The maximum Gasteiger partial charge on any atom is 0.410 e. The van der Waals surface area contributed by atoms with Gasteiger partial charge in [0.2, 0.25) is 0 Å². The van der Waals surface area contributed by atoms with Gasteiger partial charge in [-0.25, -0.2) is 14.6 Å². The van der Waals surface area contributed by atoms with Crippen LogP contribution < -0.4 is 15.0 Å². The number of likely N-dealkylation sites (tertiary alicyclic amines) is 1. The van der Waals surface area contributed by atoms with Crippen LogP contribution >= 0.6 is 11.3 Å². The fourth-order valence-corrected chi connectivity index (χ4v) is 5.57. The molecule has 8 nitrogen and oxygen atoms in total. The summed E-state index contributed by atoms with van der Waals surface area (Å²) in [6, 6.07) is 3.61. The normalized spacial score (nSPS) is 25.7. The number of thiazole rings is 1. The first kappa shape index (κ1) is 19.4. The Morgan fingerprint density at radius 2 is 2.17 bits per heavy atom. The maximum absolute atomic E-state index is 12.9. The minimum atomic E-state index is -0.563. The molecule has 1 aromatic heterocycles. The zero-order valence-corrected chi connectivity index (χ0v) is 18.4. The first-order valence-corrected chi connectivity index (χ1v) is 11.2. The quantitative estimate of drug-likeness (QED) is 0.748. The summed E-state index contributed by atoms with van der Waals surface area (Å²) >= 11 is 1.50. The van der Waals surface area contributed by atoms with Crippen molar-refractivity contribution in [2.24, 2.45) is 0 Å². The molecule has 1 N–H and O–H groups in total. The molecule has 0 aliphatic carbocycles. The van der Waals surface area contributed by atoms with E-state index < -0.39 is 5.60 Å². The van der Waals surface area contributed by atoms with E-state index in [-0.39, 0.29) is 30.2 Å². The molecule has 30 heavy (non-hydrogen) atoms. The van der Waals surface area contributed by atoms with Gasteiger partial charge in [-0.2, -0.15) is 0 Å². The highest BCUT2D eigenvalue weighted by atomic mass is 32.1. The molecule has 0 saturated carbocycles. The van der Waals surface area contributed by atoms with E-state index in [9.17, 15) is 9.59 Å². The van der Waals surface area contributed by atoms with Crippen LogP contribution in [0.4, 0.5) is 14.7 Å². The molecular formula is C21H26N4O4S. The zero-order valence-electron chi connectivity index (χ0n) is 17.6. The third-order valence-electron chi connectivity index (χ3n) is 5.89. The average Bonchev–Trinajstić information content (AvgIpc) is 3.33. The van der Waals surface area contributed by atoms with Crippen molar-refractivity contribution in [1.29, 1.82) is 0 Å². The van der Waals surface area contributed by atoms with Gasteiger partial charge in [0.15, 0.2) is 5.13 Å². The topological polar surface area (TPSA) is 84.0 Å². The smallest absolute Gasteiger partial charge is 0.410 e. The van der Waals surface area contributed by atoms with Crippen molar-refractivity contribution in [3.8, 4) is 5.75 Å². The van der Waals surface area contributed by atoms with Crippen molar-refractivity contribution in [1.82, 2.24) is 15.2 Å². The first-order valence-electron chi connectivity index (χ1n) is 10.4. The number of carbonyl (C=O) groups excluding carboxylic acids is 2. The van der Waals surface area contributed by atoms with Crippen molar-refractivity contribution in [2.75, 3.05) is 18.1 Å². The predicted octanol–water partition coefficient (Wildman–Crippen LogP) is 3.53. The second kappa shape index (κ2) is 6.73. The summed E-state index contributed by atoms with van der Waals surface area (Å²) in [5.41, 5.74) is 1.46. The van der Waals surface area contributed by atoms with Gasteiger partial charge in [-0.05, 0) is 46.2 Å². The number of hydrogen-bond acceptors (Lipinski definition) is 6. The van der Waals surface area contributed by atoms with Gasteiger partial charge >= 0.3 is 12.1 Å². The van der Waals surface area contributed by atoms with Crippen LogP contribution in [0.3, 0.4) is 0 Å². The Morgan fingerprint density at radius 3 is 2.93 bits per heavy atom. The van der Waals surface area contributed by atoms with Crippen molar-refractivity contribution < 1.29 is 19.1 Å². The van der Waals surface area contributed by atoms with Gasteiger partial charge in [-0.15, -0.1) is 0 Å². The fraction of sp³-hybridized carbons (Fsp3) is 0.571. The lowest BCUT2D eigenvalue weighted by molar-refractivity contribution is 0.00869. The number of nitrogens with one attached hydrogen (secondary N) is 1. The number of fused-ring (bicyclic) bond motifs is 4. The van der Waals surface area contributed by atoms with E-state index in [0.29, 0.717) is 24.7 Å².